The molecule has 6 rings (SSSR count). The van der Waals surface area contributed by atoms with Gasteiger partial charge in [0.25, 0.3) is 0 Å². The van der Waals surface area contributed by atoms with Crippen LogP contribution in [0.5, 0.6) is 23.0 Å². The number of hydrogen-bond acceptors (Lipinski definition) is 5. The molecule has 1 saturated heterocycles. The number of allylic oxidation sites excluding steroid dienone is 1. The van der Waals surface area contributed by atoms with E-state index in [9.17, 15) is 0 Å². The van der Waals surface area contributed by atoms with Crippen LogP contribution < -0.4 is 14.2 Å². The maximum Gasteiger partial charge on any atom is 0.173 e. The van der Waals surface area contributed by atoms with E-state index in [1.807, 2.05) is 31.2 Å². The van der Waals surface area contributed by atoms with Gasteiger partial charge in [0.05, 0.1) is 12.6 Å². The van der Waals surface area contributed by atoms with Gasteiger partial charge in [-0.15, -0.1) is 11.5 Å². The first-order valence-corrected chi connectivity index (χ1v) is 13.3. The van der Waals surface area contributed by atoms with Crippen molar-refractivity contribution < 1.29 is 51.3 Å². The first kappa shape index (κ1) is 30.0. The second-order valence-electron chi connectivity index (χ2n) is 10.7. The standard InChI is InChI=1S/C31H34FN2O3.CH3.Y/c1-5-24-20(3)34(18-31(24)9-10-31)12-13-36-29-17-25-23(16-28(29)35-4)26(8-11-33-25)37-27-7-6-21-14-19(2)15-22(21)30(27)32;;/h6-8,11,15-17,20H,5,9-10,12-14,18H2,1-4H3;1H3;/q2*-1;. The smallest absolute Gasteiger partial charge is 0.173 e. The van der Waals surface area contributed by atoms with Crippen LogP contribution >= 0.6 is 0 Å². The molecule has 1 spiro atoms. The third-order valence-electron chi connectivity index (χ3n) is 8.41. The van der Waals surface area contributed by atoms with E-state index in [1.165, 1.54) is 19.3 Å². The summed E-state index contributed by atoms with van der Waals surface area (Å²) in [5.74, 6) is 3.35. The monoisotopic (exact) mass is 605 g/mol. The van der Waals surface area contributed by atoms with Crippen molar-refractivity contribution in [3.8, 4) is 23.0 Å². The fourth-order valence-electron chi connectivity index (χ4n) is 6.34. The summed E-state index contributed by atoms with van der Waals surface area (Å²) in [6.07, 6.45) is 8.17. The SMILES string of the molecule is CC[C-]1C(C)N(CCOc2cc3nccc(Oc4ccc5c(c4F)C=C(C)C5)c3cc2OC)CC12CC2.[CH3-].[Y]. The second-order valence-corrected chi connectivity index (χ2v) is 10.7. The summed E-state index contributed by atoms with van der Waals surface area (Å²) in [4.78, 5) is 7.07. The van der Waals surface area contributed by atoms with Gasteiger partial charge in [0, 0.05) is 62.5 Å². The normalized spacial score (nSPS) is 19.3. The van der Waals surface area contributed by atoms with Crippen LogP contribution in [0.25, 0.3) is 17.0 Å². The minimum Gasteiger partial charge on any atom is -0.493 e. The van der Waals surface area contributed by atoms with Crippen LogP contribution in [0.15, 0.2) is 42.1 Å². The average molecular weight is 606 g/mol. The first-order valence-electron chi connectivity index (χ1n) is 13.3. The molecule has 0 amide bonds. The molecule has 7 heteroatoms. The Bertz CT molecular complexity index is 1390. The molecule has 1 aliphatic heterocycles. The molecular weight excluding hydrogens is 568 g/mol. The Morgan fingerprint density at radius 1 is 1.13 bits per heavy atom. The van der Waals surface area contributed by atoms with E-state index in [-0.39, 0.29) is 51.7 Å². The van der Waals surface area contributed by atoms with Gasteiger partial charge in [-0.25, -0.2) is 4.39 Å². The third kappa shape index (κ3) is 5.49. The maximum atomic E-state index is 15.2. The number of hydrogen-bond donors (Lipinski definition) is 0. The Morgan fingerprint density at radius 3 is 2.62 bits per heavy atom. The third-order valence-corrected chi connectivity index (χ3v) is 8.41. The van der Waals surface area contributed by atoms with Crippen molar-refractivity contribution >= 4 is 17.0 Å². The van der Waals surface area contributed by atoms with Crippen LogP contribution in [0.2, 0.25) is 0 Å². The van der Waals surface area contributed by atoms with Gasteiger partial charge in [0.2, 0.25) is 0 Å². The number of rotatable bonds is 8. The van der Waals surface area contributed by atoms with Crippen molar-refractivity contribution in [1.82, 2.24) is 9.88 Å². The number of fused-ring (bicyclic) bond motifs is 2. The molecule has 1 unspecified atom stereocenters. The van der Waals surface area contributed by atoms with Gasteiger partial charge in [0.15, 0.2) is 23.1 Å². The molecule has 1 atom stereocenters. The van der Waals surface area contributed by atoms with Crippen molar-refractivity contribution in [3.63, 3.8) is 0 Å². The van der Waals surface area contributed by atoms with Crippen LogP contribution in [-0.2, 0) is 39.1 Å². The fourth-order valence-corrected chi connectivity index (χ4v) is 6.34. The van der Waals surface area contributed by atoms with Crippen LogP contribution in [0.3, 0.4) is 0 Å². The molecule has 0 bridgehead atoms. The second kappa shape index (κ2) is 11.8. The van der Waals surface area contributed by atoms with Gasteiger partial charge < -0.3 is 26.5 Å². The van der Waals surface area contributed by atoms with Crippen LogP contribution in [0.4, 0.5) is 4.39 Å². The summed E-state index contributed by atoms with van der Waals surface area (Å²) in [6, 6.07) is 9.64. The number of benzene rings is 2. The molecule has 2 aromatic carbocycles. The van der Waals surface area contributed by atoms with Crippen LogP contribution in [0, 0.1) is 24.6 Å². The Labute approximate surface area is 257 Å². The van der Waals surface area contributed by atoms with Crippen LogP contribution in [0.1, 0.15) is 51.2 Å². The zero-order valence-corrected chi connectivity index (χ0v) is 26.5. The summed E-state index contributed by atoms with van der Waals surface area (Å²) < 4.78 is 33.2. The number of halogens is 1. The summed E-state index contributed by atoms with van der Waals surface area (Å²) in [5.41, 5.74) is 3.93. The number of aromatic nitrogens is 1. The fraction of sp³-hybridized carbons (Fsp3) is 0.406. The molecule has 2 aliphatic carbocycles. The van der Waals surface area contributed by atoms with E-state index in [1.54, 1.807) is 31.4 Å². The van der Waals surface area contributed by atoms with E-state index in [4.69, 9.17) is 14.2 Å². The molecule has 3 aromatic rings. The summed E-state index contributed by atoms with van der Waals surface area (Å²) >= 11 is 0. The van der Waals surface area contributed by atoms with Gasteiger partial charge in [-0.2, -0.15) is 6.42 Å². The average Bonchev–Trinajstić information content (AvgIpc) is 3.47. The van der Waals surface area contributed by atoms with Gasteiger partial charge >= 0.3 is 0 Å². The first-order chi connectivity index (χ1) is 17.9. The van der Waals surface area contributed by atoms with Crippen LogP contribution in [-0.4, -0.2) is 42.7 Å². The minimum absolute atomic E-state index is 0. The zero-order valence-electron chi connectivity index (χ0n) is 23.6. The molecule has 2 heterocycles. The molecule has 1 aromatic heterocycles. The summed E-state index contributed by atoms with van der Waals surface area (Å²) in [6.45, 7) is 9.21. The van der Waals surface area contributed by atoms with Crippen molar-refractivity contribution in [1.29, 1.82) is 0 Å². The van der Waals surface area contributed by atoms with Crippen molar-refractivity contribution in [3.05, 3.63) is 72.4 Å². The van der Waals surface area contributed by atoms with E-state index in [2.05, 4.69) is 23.7 Å². The van der Waals surface area contributed by atoms with Gasteiger partial charge in [-0.05, 0) is 43.7 Å². The Hall–Kier alpha value is -2.02. The molecule has 39 heavy (non-hydrogen) atoms. The Morgan fingerprint density at radius 2 is 1.92 bits per heavy atom. The van der Waals surface area contributed by atoms with Gasteiger partial charge in [-0.1, -0.05) is 44.4 Å². The molecule has 3 aliphatic rings. The van der Waals surface area contributed by atoms with Gasteiger partial charge in [-0.3, -0.25) is 10.9 Å². The van der Waals surface area contributed by atoms with E-state index < -0.39 is 0 Å². The number of likely N-dealkylation sites (tertiary alicyclic amines) is 1. The van der Waals surface area contributed by atoms with E-state index >= 15 is 4.39 Å². The topological polar surface area (TPSA) is 43.8 Å². The molecule has 5 nitrogen and oxygen atoms in total. The van der Waals surface area contributed by atoms with Crippen molar-refractivity contribution in [2.24, 2.45) is 5.41 Å². The predicted octanol–water partition coefficient (Wildman–Crippen LogP) is 7.43. The van der Waals surface area contributed by atoms with Crippen molar-refractivity contribution in [2.75, 3.05) is 26.8 Å². The molecule has 1 radical (unpaired) electrons. The Kier molecular flexibility index (Phi) is 9.10. The molecule has 0 N–H and O–H groups in total. The number of nitrogens with zero attached hydrogens (tertiary/aromatic N) is 2. The molecule has 205 valence electrons. The summed E-state index contributed by atoms with van der Waals surface area (Å²) in [5, 5.41) is 0.740. The molecule has 1 saturated carbocycles. The zero-order chi connectivity index (χ0) is 25.7. The van der Waals surface area contributed by atoms with E-state index in [0.29, 0.717) is 46.4 Å². The molecule has 2 fully saturated rings. The number of pyridine rings is 1. The van der Waals surface area contributed by atoms with Crippen molar-refractivity contribution in [2.45, 2.75) is 52.5 Å². The Balaban J connectivity index is 0.00000176. The number of methoxy groups -OCH3 is 1. The summed E-state index contributed by atoms with van der Waals surface area (Å²) in [7, 11) is 1.63. The maximum absolute atomic E-state index is 15.2. The largest absolute Gasteiger partial charge is 0.493 e. The minimum atomic E-state index is -0.334. The quantitative estimate of drug-likeness (QED) is 0.250. The predicted molar refractivity (Wildman–Crippen MR) is 150 cm³/mol. The van der Waals surface area contributed by atoms with E-state index in [0.717, 1.165) is 36.0 Å². The van der Waals surface area contributed by atoms with Gasteiger partial charge in [0.1, 0.15) is 12.4 Å². The number of ether oxygens (including phenoxy) is 3. The molecular formula is C32H37FN2O3Y-2.